The largest absolute Gasteiger partial charge is 0.448 e. The number of hydrogen-bond donors (Lipinski definition) is 2. The maximum absolute atomic E-state index is 11.4. The van der Waals surface area contributed by atoms with E-state index in [-0.39, 0.29) is 6.09 Å². The van der Waals surface area contributed by atoms with Crippen molar-refractivity contribution in [3.8, 4) is 0 Å². The molecule has 2 N–H and O–H groups in total. The molecule has 4 nitrogen and oxygen atoms in total. The van der Waals surface area contributed by atoms with Crippen LogP contribution in [0.1, 0.15) is 51.9 Å². The summed E-state index contributed by atoms with van der Waals surface area (Å²) in [6.07, 6.45) is 8.06. The topological polar surface area (TPSA) is 50.4 Å². The van der Waals surface area contributed by atoms with Crippen LogP contribution in [0.3, 0.4) is 0 Å². The molecule has 0 radical (unpaired) electrons. The minimum absolute atomic E-state index is 0.255. The number of carbonyl (C=O) groups excluding carboxylic acids is 1. The van der Waals surface area contributed by atoms with Crippen LogP contribution in [0.4, 0.5) is 4.79 Å². The molecule has 100 valence electrons. The molecule has 4 heteroatoms. The van der Waals surface area contributed by atoms with Gasteiger partial charge in [-0.1, -0.05) is 32.6 Å². The number of amides is 1. The van der Waals surface area contributed by atoms with Gasteiger partial charge in [-0.05, 0) is 25.8 Å². The Kier molecular flexibility index (Phi) is 7.80. The first-order chi connectivity index (χ1) is 8.33. The lowest BCUT2D eigenvalue weighted by Gasteiger charge is -2.22. The lowest BCUT2D eigenvalue weighted by Crippen LogP contribution is -2.37. The van der Waals surface area contributed by atoms with Gasteiger partial charge in [0.1, 0.15) is 6.61 Å². The normalized spacial score (nSPS) is 16.8. The van der Waals surface area contributed by atoms with Crippen LogP contribution in [-0.4, -0.2) is 31.8 Å². The van der Waals surface area contributed by atoms with Crippen molar-refractivity contribution in [3.05, 3.63) is 0 Å². The van der Waals surface area contributed by atoms with Crippen LogP contribution in [0.15, 0.2) is 0 Å². The minimum atomic E-state index is -0.255. The maximum atomic E-state index is 11.4. The molecule has 1 rings (SSSR count). The lowest BCUT2D eigenvalue weighted by molar-refractivity contribution is 0.140. The Bertz CT molecular complexity index is 204. The number of ether oxygens (including phenoxy) is 1. The lowest BCUT2D eigenvalue weighted by atomic mass is 9.96. The number of hydrogen-bond acceptors (Lipinski definition) is 3. The summed E-state index contributed by atoms with van der Waals surface area (Å²) in [5, 5.41) is 6.17. The van der Waals surface area contributed by atoms with E-state index in [1.54, 1.807) is 0 Å². The standard InChI is InChI=1S/C13H26N2O2/c1-2-3-9-14-10-11-17-13(16)15-12-7-5-4-6-8-12/h12,14H,2-11H2,1H3,(H,15,16). The zero-order valence-electron chi connectivity index (χ0n) is 11.0. The average Bonchev–Trinajstić information content (AvgIpc) is 2.35. The van der Waals surface area contributed by atoms with Gasteiger partial charge >= 0.3 is 6.09 Å². The average molecular weight is 242 g/mol. The predicted octanol–water partition coefficient (Wildman–Crippen LogP) is 2.43. The minimum Gasteiger partial charge on any atom is -0.448 e. The van der Waals surface area contributed by atoms with Crippen LogP contribution in [0.5, 0.6) is 0 Å². The molecule has 1 amide bonds. The first-order valence-corrected chi connectivity index (χ1v) is 6.97. The summed E-state index contributed by atoms with van der Waals surface area (Å²) in [5.41, 5.74) is 0. The van der Waals surface area contributed by atoms with E-state index in [2.05, 4.69) is 17.6 Å². The van der Waals surface area contributed by atoms with Gasteiger partial charge in [0.25, 0.3) is 0 Å². The Morgan fingerprint density at radius 1 is 1.24 bits per heavy atom. The molecule has 0 aromatic heterocycles. The molecule has 0 saturated heterocycles. The zero-order valence-corrected chi connectivity index (χ0v) is 11.0. The smallest absolute Gasteiger partial charge is 0.407 e. The molecular weight excluding hydrogens is 216 g/mol. The molecule has 0 bridgehead atoms. The van der Waals surface area contributed by atoms with E-state index in [4.69, 9.17) is 4.74 Å². The van der Waals surface area contributed by atoms with E-state index < -0.39 is 0 Å². The monoisotopic (exact) mass is 242 g/mol. The van der Waals surface area contributed by atoms with E-state index in [1.807, 2.05) is 0 Å². The summed E-state index contributed by atoms with van der Waals surface area (Å²) >= 11 is 0. The van der Waals surface area contributed by atoms with Crippen molar-refractivity contribution in [2.75, 3.05) is 19.7 Å². The van der Waals surface area contributed by atoms with Gasteiger partial charge in [0.15, 0.2) is 0 Å². The summed E-state index contributed by atoms with van der Waals surface area (Å²) in [4.78, 5) is 11.4. The highest BCUT2D eigenvalue weighted by molar-refractivity contribution is 5.67. The third-order valence-corrected chi connectivity index (χ3v) is 3.15. The second kappa shape index (κ2) is 9.28. The number of alkyl carbamates (subject to hydrolysis) is 1. The quantitative estimate of drug-likeness (QED) is 0.674. The van der Waals surface area contributed by atoms with Crippen molar-refractivity contribution in [2.45, 2.75) is 57.9 Å². The van der Waals surface area contributed by atoms with Crippen LogP contribution in [-0.2, 0) is 4.74 Å². The maximum Gasteiger partial charge on any atom is 0.407 e. The SMILES string of the molecule is CCCCNCCOC(=O)NC1CCCCC1. The van der Waals surface area contributed by atoms with Gasteiger partial charge in [0.2, 0.25) is 0 Å². The van der Waals surface area contributed by atoms with E-state index >= 15 is 0 Å². The summed E-state index contributed by atoms with van der Waals surface area (Å²) in [6, 6.07) is 0.337. The second-order valence-corrected chi connectivity index (χ2v) is 4.72. The molecular formula is C13H26N2O2. The van der Waals surface area contributed by atoms with Crippen molar-refractivity contribution < 1.29 is 9.53 Å². The molecule has 0 aromatic carbocycles. The molecule has 1 saturated carbocycles. The Hall–Kier alpha value is -0.770. The van der Waals surface area contributed by atoms with E-state index in [0.29, 0.717) is 12.6 Å². The fraction of sp³-hybridized carbons (Fsp3) is 0.923. The first-order valence-electron chi connectivity index (χ1n) is 6.97. The molecule has 0 unspecified atom stereocenters. The molecule has 1 aliphatic carbocycles. The van der Waals surface area contributed by atoms with Crippen LogP contribution in [0.25, 0.3) is 0 Å². The third kappa shape index (κ3) is 7.21. The highest BCUT2D eigenvalue weighted by atomic mass is 16.5. The van der Waals surface area contributed by atoms with Crippen LogP contribution < -0.4 is 10.6 Å². The summed E-state index contributed by atoms with van der Waals surface area (Å²) in [5.74, 6) is 0. The highest BCUT2D eigenvalue weighted by Crippen LogP contribution is 2.17. The molecule has 17 heavy (non-hydrogen) atoms. The van der Waals surface area contributed by atoms with Gasteiger partial charge in [0, 0.05) is 12.6 Å². The number of nitrogens with one attached hydrogen (secondary N) is 2. The van der Waals surface area contributed by atoms with Crippen molar-refractivity contribution in [1.82, 2.24) is 10.6 Å². The number of carbonyl (C=O) groups is 1. The van der Waals surface area contributed by atoms with Crippen LogP contribution in [0, 0.1) is 0 Å². The summed E-state index contributed by atoms with van der Waals surface area (Å²) in [7, 11) is 0. The van der Waals surface area contributed by atoms with Gasteiger partial charge in [-0.15, -0.1) is 0 Å². The molecule has 0 aromatic rings. The van der Waals surface area contributed by atoms with Crippen molar-refractivity contribution in [1.29, 1.82) is 0 Å². The van der Waals surface area contributed by atoms with Crippen molar-refractivity contribution >= 4 is 6.09 Å². The van der Waals surface area contributed by atoms with Crippen LogP contribution in [0.2, 0.25) is 0 Å². The third-order valence-electron chi connectivity index (χ3n) is 3.15. The fourth-order valence-electron chi connectivity index (χ4n) is 2.10. The number of rotatable bonds is 7. The summed E-state index contributed by atoms with van der Waals surface area (Å²) in [6.45, 7) is 4.38. The van der Waals surface area contributed by atoms with Gasteiger partial charge in [-0.3, -0.25) is 0 Å². The number of unbranched alkanes of at least 4 members (excludes halogenated alkanes) is 1. The molecule has 0 aliphatic heterocycles. The Balaban J connectivity index is 1.93. The van der Waals surface area contributed by atoms with Crippen LogP contribution >= 0.6 is 0 Å². The molecule has 0 heterocycles. The molecule has 0 atom stereocenters. The zero-order chi connectivity index (χ0) is 12.3. The predicted molar refractivity (Wildman–Crippen MR) is 69.1 cm³/mol. The Morgan fingerprint density at radius 2 is 2.00 bits per heavy atom. The highest BCUT2D eigenvalue weighted by Gasteiger charge is 2.15. The Morgan fingerprint density at radius 3 is 2.71 bits per heavy atom. The molecule has 1 aliphatic rings. The van der Waals surface area contributed by atoms with Crippen molar-refractivity contribution in [2.24, 2.45) is 0 Å². The first kappa shape index (κ1) is 14.3. The fourth-order valence-corrected chi connectivity index (χ4v) is 2.10. The van der Waals surface area contributed by atoms with E-state index in [9.17, 15) is 4.79 Å². The van der Waals surface area contributed by atoms with E-state index in [0.717, 1.165) is 25.9 Å². The summed E-state index contributed by atoms with van der Waals surface area (Å²) < 4.78 is 5.11. The van der Waals surface area contributed by atoms with Gasteiger partial charge in [-0.2, -0.15) is 0 Å². The van der Waals surface area contributed by atoms with E-state index in [1.165, 1.54) is 32.1 Å². The molecule has 1 fully saturated rings. The van der Waals surface area contributed by atoms with Gasteiger partial charge in [0.05, 0.1) is 0 Å². The van der Waals surface area contributed by atoms with Crippen molar-refractivity contribution in [3.63, 3.8) is 0 Å². The second-order valence-electron chi connectivity index (χ2n) is 4.72. The Labute approximate surface area is 104 Å². The van der Waals surface area contributed by atoms with Gasteiger partial charge in [-0.25, -0.2) is 4.79 Å². The molecule has 0 spiro atoms. The van der Waals surface area contributed by atoms with Gasteiger partial charge < -0.3 is 15.4 Å².